The van der Waals surface area contributed by atoms with E-state index in [2.05, 4.69) is 47.7 Å². The first-order chi connectivity index (χ1) is 16.5. The van der Waals surface area contributed by atoms with Crippen LogP contribution in [0, 0.1) is 24.1 Å². The molecule has 4 heterocycles. The molecule has 34 heavy (non-hydrogen) atoms. The fourth-order valence-electron chi connectivity index (χ4n) is 4.54. The molecule has 0 spiro atoms. The van der Waals surface area contributed by atoms with Gasteiger partial charge in [0.05, 0.1) is 17.6 Å². The van der Waals surface area contributed by atoms with Crippen molar-refractivity contribution in [3.63, 3.8) is 0 Å². The molecule has 1 aliphatic rings. The molecule has 1 fully saturated rings. The van der Waals surface area contributed by atoms with Gasteiger partial charge in [0.1, 0.15) is 23.4 Å². The number of imidazole rings is 1. The minimum atomic E-state index is -0.492. The SMILES string of the molecule is Cc1ccc2c(c1)nc(CN1CCC(c3cccc(OCc4cc(F)c(C#N)s4)n3)CC1)n2C. The van der Waals surface area contributed by atoms with Gasteiger partial charge in [-0.1, -0.05) is 12.1 Å². The number of nitrogens with zero attached hydrogens (tertiary/aromatic N) is 5. The van der Waals surface area contributed by atoms with Crippen molar-refractivity contribution in [2.45, 2.75) is 38.8 Å². The Kier molecular flexibility index (Phi) is 6.31. The molecular weight excluding hydrogens is 449 g/mol. The van der Waals surface area contributed by atoms with Crippen LogP contribution in [-0.4, -0.2) is 32.5 Å². The third kappa shape index (κ3) is 4.67. The van der Waals surface area contributed by atoms with Gasteiger partial charge in [0.2, 0.25) is 5.88 Å². The molecule has 6 nitrogen and oxygen atoms in total. The van der Waals surface area contributed by atoms with Gasteiger partial charge in [-0.25, -0.2) is 14.4 Å². The Balaban J connectivity index is 1.19. The Morgan fingerprint density at radius 1 is 1.18 bits per heavy atom. The van der Waals surface area contributed by atoms with Gasteiger partial charge in [-0.3, -0.25) is 4.90 Å². The second-order valence-electron chi connectivity index (χ2n) is 8.82. The Morgan fingerprint density at radius 2 is 2.00 bits per heavy atom. The molecular formula is C26H26FN5OS. The molecule has 3 aromatic heterocycles. The maximum Gasteiger partial charge on any atom is 0.213 e. The summed E-state index contributed by atoms with van der Waals surface area (Å²) < 4.78 is 21.6. The van der Waals surface area contributed by atoms with Crippen LogP contribution in [0.1, 0.15) is 45.6 Å². The van der Waals surface area contributed by atoms with Gasteiger partial charge in [0.25, 0.3) is 0 Å². The number of hydrogen-bond donors (Lipinski definition) is 0. The first-order valence-electron chi connectivity index (χ1n) is 11.4. The quantitative estimate of drug-likeness (QED) is 0.378. The van der Waals surface area contributed by atoms with E-state index in [1.807, 2.05) is 18.2 Å². The van der Waals surface area contributed by atoms with Gasteiger partial charge in [-0.05, 0) is 62.7 Å². The second kappa shape index (κ2) is 9.53. The molecule has 0 radical (unpaired) electrons. The first-order valence-corrected chi connectivity index (χ1v) is 12.2. The predicted molar refractivity (Wildman–Crippen MR) is 130 cm³/mol. The average molecular weight is 476 g/mol. The van der Waals surface area contributed by atoms with Gasteiger partial charge in [-0.2, -0.15) is 5.26 Å². The zero-order valence-electron chi connectivity index (χ0n) is 19.3. The van der Waals surface area contributed by atoms with Crippen LogP contribution in [0.5, 0.6) is 5.88 Å². The normalized spacial score (nSPS) is 15.0. The van der Waals surface area contributed by atoms with Gasteiger partial charge in [-0.15, -0.1) is 11.3 Å². The summed E-state index contributed by atoms with van der Waals surface area (Å²) in [6.45, 7) is 5.13. The van der Waals surface area contributed by atoms with E-state index in [9.17, 15) is 4.39 Å². The van der Waals surface area contributed by atoms with Gasteiger partial charge in [0, 0.05) is 29.6 Å². The Labute approximate surface area is 202 Å². The van der Waals surface area contributed by atoms with Crippen molar-refractivity contribution in [1.82, 2.24) is 19.4 Å². The number of hydrogen-bond acceptors (Lipinski definition) is 6. The zero-order valence-corrected chi connectivity index (χ0v) is 20.1. The Hall–Kier alpha value is -3.28. The molecule has 0 unspecified atom stereocenters. The van der Waals surface area contributed by atoms with Crippen LogP contribution in [0.4, 0.5) is 4.39 Å². The standard InChI is InChI=1S/C26H26FN5OS/c1-17-6-7-23-22(12-17)29-25(31(23)2)15-32-10-8-18(9-11-32)21-4-3-5-26(30-21)33-16-19-13-20(27)24(14-28)34-19/h3-7,12-13,18H,8-11,15-16H2,1-2H3. The number of ether oxygens (including phenoxy) is 1. The van der Waals surface area contributed by atoms with Crippen molar-refractivity contribution in [3.05, 3.63) is 75.1 Å². The number of nitriles is 1. The number of fused-ring (bicyclic) bond motifs is 1. The molecule has 1 aromatic carbocycles. The molecule has 4 aromatic rings. The topological polar surface area (TPSA) is 67.0 Å². The maximum atomic E-state index is 13.6. The van der Waals surface area contributed by atoms with E-state index in [0.717, 1.165) is 60.8 Å². The van der Waals surface area contributed by atoms with Gasteiger partial charge in [0.15, 0.2) is 5.82 Å². The lowest BCUT2D eigenvalue weighted by molar-refractivity contribution is 0.197. The monoisotopic (exact) mass is 475 g/mol. The molecule has 0 amide bonds. The van der Waals surface area contributed by atoms with Gasteiger partial charge >= 0.3 is 0 Å². The number of pyridine rings is 1. The summed E-state index contributed by atoms with van der Waals surface area (Å²) >= 11 is 1.11. The molecule has 0 N–H and O–H groups in total. The molecule has 0 saturated carbocycles. The van der Waals surface area contributed by atoms with E-state index < -0.39 is 5.82 Å². The third-order valence-electron chi connectivity index (χ3n) is 6.45. The largest absolute Gasteiger partial charge is 0.472 e. The molecule has 5 rings (SSSR count). The first kappa shape index (κ1) is 22.5. The number of aryl methyl sites for hydroxylation is 2. The predicted octanol–water partition coefficient (Wildman–Crippen LogP) is 5.31. The van der Waals surface area contributed by atoms with Crippen molar-refractivity contribution in [2.75, 3.05) is 13.1 Å². The molecule has 0 aliphatic carbocycles. The maximum absolute atomic E-state index is 13.6. The summed E-state index contributed by atoms with van der Waals surface area (Å²) in [4.78, 5) is 12.8. The van der Waals surface area contributed by atoms with E-state index in [-0.39, 0.29) is 11.5 Å². The fourth-order valence-corrected chi connectivity index (χ4v) is 5.28. The molecule has 1 aliphatic heterocycles. The number of rotatable bonds is 6. The highest BCUT2D eigenvalue weighted by Crippen LogP contribution is 2.29. The van der Waals surface area contributed by atoms with E-state index >= 15 is 0 Å². The highest BCUT2D eigenvalue weighted by Gasteiger charge is 2.23. The number of likely N-dealkylation sites (tertiary alicyclic amines) is 1. The van der Waals surface area contributed by atoms with E-state index in [0.29, 0.717) is 16.7 Å². The minimum Gasteiger partial charge on any atom is -0.472 e. The zero-order chi connectivity index (χ0) is 23.7. The number of thiophene rings is 1. The summed E-state index contributed by atoms with van der Waals surface area (Å²) in [5.74, 6) is 1.51. The van der Waals surface area contributed by atoms with Crippen molar-refractivity contribution in [3.8, 4) is 11.9 Å². The second-order valence-corrected chi connectivity index (χ2v) is 9.96. The molecule has 174 valence electrons. The summed E-state index contributed by atoms with van der Waals surface area (Å²) in [7, 11) is 2.09. The average Bonchev–Trinajstić information content (AvgIpc) is 3.36. The van der Waals surface area contributed by atoms with Crippen LogP contribution in [0.3, 0.4) is 0 Å². The van der Waals surface area contributed by atoms with Crippen molar-refractivity contribution in [2.24, 2.45) is 7.05 Å². The van der Waals surface area contributed by atoms with Crippen LogP contribution >= 0.6 is 11.3 Å². The lowest BCUT2D eigenvalue weighted by Gasteiger charge is -2.31. The number of halogens is 1. The van der Waals surface area contributed by atoms with Crippen LogP contribution < -0.4 is 4.74 Å². The summed E-state index contributed by atoms with van der Waals surface area (Å²) in [5.41, 5.74) is 4.49. The van der Waals surface area contributed by atoms with Crippen LogP contribution in [0.25, 0.3) is 11.0 Å². The number of piperidine rings is 1. The minimum absolute atomic E-state index is 0.0841. The molecule has 8 heteroatoms. The van der Waals surface area contributed by atoms with E-state index in [1.54, 1.807) is 0 Å². The van der Waals surface area contributed by atoms with Crippen LogP contribution in [0.2, 0.25) is 0 Å². The van der Waals surface area contributed by atoms with Crippen molar-refractivity contribution < 1.29 is 9.13 Å². The Morgan fingerprint density at radius 3 is 2.76 bits per heavy atom. The summed E-state index contributed by atoms with van der Waals surface area (Å²) in [5, 5.41) is 8.91. The van der Waals surface area contributed by atoms with Gasteiger partial charge < -0.3 is 9.30 Å². The van der Waals surface area contributed by atoms with E-state index in [4.69, 9.17) is 20.0 Å². The fraction of sp³-hybridized carbons (Fsp3) is 0.346. The van der Waals surface area contributed by atoms with Crippen molar-refractivity contribution in [1.29, 1.82) is 5.26 Å². The van der Waals surface area contributed by atoms with E-state index in [1.165, 1.54) is 17.1 Å². The highest BCUT2D eigenvalue weighted by molar-refractivity contribution is 7.12. The van der Waals surface area contributed by atoms with Crippen molar-refractivity contribution >= 4 is 22.4 Å². The number of benzene rings is 1. The molecule has 1 saturated heterocycles. The Bertz CT molecular complexity index is 1360. The smallest absolute Gasteiger partial charge is 0.213 e. The van der Waals surface area contributed by atoms with Crippen LogP contribution in [-0.2, 0) is 20.2 Å². The lowest BCUT2D eigenvalue weighted by atomic mass is 9.93. The van der Waals surface area contributed by atoms with Crippen LogP contribution in [0.15, 0.2) is 42.5 Å². The highest BCUT2D eigenvalue weighted by atomic mass is 32.1. The third-order valence-corrected chi connectivity index (χ3v) is 7.43. The number of aromatic nitrogens is 3. The molecule has 0 bridgehead atoms. The lowest BCUT2D eigenvalue weighted by Crippen LogP contribution is -2.33. The molecule has 0 atom stereocenters. The summed E-state index contributed by atoms with van der Waals surface area (Å²) in [6.07, 6.45) is 2.06. The summed E-state index contributed by atoms with van der Waals surface area (Å²) in [6, 6.07) is 15.5.